The minimum absolute atomic E-state index is 0.336. The molecule has 0 aromatic carbocycles. The third-order valence-electron chi connectivity index (χ3n) is 1.96. The van der Waals surface area contributed by atoms with Gasteiger partial charge in [0, 0.05) is 24.2 Å². The van der Waals surface area contributed by atoms with Crippen molar-refractivity contribution < 1.29 is 15.0 Å². The first kappa shape index (κ1) is 8.71. The van der Waals surface area contributed by atoms with Crippen molar-refractivity contribution in [2.75, 3.05) is 0 Å². The van der Waals surface area contributed by atoms with Crippen LogP contribution in [-0.4, -0.2) is 25.6 Å². The maximum absolute atomic E-state index is 10.5. The molecule has 0 spiro atoms. The van der Waals surface area contributed by atoms with Crippen LogP contribution in [0.1, 0.15) is 11.7 Å². The smallest absolute Gasteiger partial charge is 0.337 e. The summed E-state index contributed by atoms with van der Waals surface area (Å²) in [5.74, 6) is -1.26. The summed E-state index contributed by atoms with van der Waals surface area (Å²) < 4.78 is 1.65. The standard InChI is InChI=1S/C9H8N2O3/c12-8(9(13)14)6-1-2-7-10-3-4-11(7)5-6/h1-5,8,12H,(H,13,14). The number of imidazole rings is 1. The van der Waals surface area contributed by atoms with Gasteiger partial charge in [0.25, 0.3) is 0 Å². The number of rotatable bonds is 2. The van der Waals surface area contributed by atoms with E-state index in [4.69, 9.17) is 5.11 Å². The van der Waals surface area contributed by atoms with E-state index in [0.717, 1.165) is 0 Å². The lowest BCUT2D eigenvalue weighted by Crippen LogP contribution is -2.10. The zero-order valence-electron chi connectivity index (χ0n) is 7.16. The van der Waals surface area contributed by atoms with Crippen molar-refractivity contribution in [2.24, 2.45) is 0 Å². The number of hydrogen-bond acceptors (Lipinski definition) is 3. The summed E-state index contributed by atoms with van der Waals surface area (Å²) in [5, 5.41) is 17.8. The van der Waals surface area contributed by atoms with Crippen LogP contribution in [0.4, 0.5) is 0 Å². The quantitative estimate of drug-likeness (QED) is 0.724. The van der Waals surface area contributed by atoms with Crippen molar-refractivity contribution >= 4 is 11.6 Å². The van der Waals surface area contributed by atoms with E-state index in [1.807, 2.05) is 0 Å². The molecule has 2 heterocycles. The zero-order valence-corrected chi connectivity index (χ0v) is 7.16. The van der Waals surface area contributed by atoms with Crippen LogP contribution < -0.4 is 0 Å². The van der Waals surface area contributed by atoms with E-state index >= 15 is 0 Å². The van der Waals surface area contributed by atoms with E-state index < -0.39 is 12.1 Å². The van der Waals surface area contributed by atoms with Crippen molar-refractivity contribution in [1.82, 2.24) is 9.38 Å². The first-order valence-electron chi connectivity index (χ1n) is 4.02. The highest BCUT2D eigenvalue weighted by Gasteiger charge is 2.15. The number of fused-ring (bicyclic) bond motifs is 1. The summed E-state index contributed by atoms with van der Waals surface area (Å²) in [5.41, 5.74) is 1.05. The number of aromatic nitrogens is 2. The van der Waals surface area contributed by atoms with Crippen LogP contribution in [0.3, 0.4) is 0 Å². The second kappa shape index (κ2) is 3.12. The van der Waals surface area contributed by atoms with E-state index in [1.165, 1.54) is 0 Å². The molecule has 2 aromatic rings. The minimum atomic E-state index is -1.48. The molecule has 5 heteroatoms. The number of carboxylic acids is 1. The summed E-state index contributed by atoms with van der Waals surface area (Å²) in [6.45, 7) is 0. The average Bonchev–Trinajstić information content (AvgIpc) is 2.62. The van der Waals surface area contributed by atoms with Crippen LogP contribution in [0.15, 0.2) is 30.7 Å². The normalized spacial score (nSPS) is 12.9. The Morgan fingerprint density at radius 2 is 2.29 bits per heavy atom. The zero-order chi connectivity index (χ0) is 10.1. The molecule has 1 unspecified atom stereocenters. The topological polar surface area (TPSA) is 74.8 Å². The van der Waals surface area contributed by atoms with E-state index in [1.54, 1.807) is 35.1 Å². The molecule has 2 rings (SSSR count). The third-order valence-corrected chi connectivity index (χ3v) is 1.96. The van der Waals surface area contributed by atoms with Crippen molar-refractivity contribution in [1.29, 1.82) is 0 Å². The number of aliphatic hydroxyl groups is 1. The Morgan fingerprint density at radius 3 is 3.00 bits per heavy atom. The Morgan fingerprint density at radius 1 is 1.50 bits per heavy atom. The molecule has 0 fully saturated rings. The van der Waals surface area contributed by atoms with Crippen LogP contribution in [0, 0.1) is 0 Å². The highest BCUT2D eigenvalue weighted by molar-refractivity contribution is 5.74. The van der Waals surface area contributed by atoms with E-state index in [-0.39, 0.29) is 0 Å². The number of aliphatic hydroxyl groups excluding tert-OH is 1. The summed E-state index contributed by atoms with van der Waals surface area (Å²) in [4.78, 5) is 14.5. The summed E-state index contributed by atoms with van der Waals surface area (Å²) >= 11 is 0. The molecule has 5 nitrogen and oxygen atoms in total. The van der Waals surface area contributed by atoms with Crippen LogP contribution in [0.25, 0.3) is 5.65 Å². The van der Waals surface area contributed by atoms with Gasteiger partial charge in [-0.25, -0.2) is 9.78 Å². The van der Waals surface area contributed by atoms with Crippen molar-refractivity contribution in [3.63, 3.8) is 0 Å². The largest absolute Gasteiger partial charge is 0.479 e. The Bertz CT molecular complexity index is 478. The molecular weight excluding hydrogens is 184 g/mol. The van der Waals surface area contributed by atoms with Gasteiger partial charge in [-0.1, -0.05) is 6.07 Å². The highest BCUT2D eigenvalue weighted by Crippen LogP contribution is 2.13. The second-order valence-corrected chi connectivity index (χ2v) is 2.90. The van der Waals surface area contributed by atoms with Gasteiger partial charge in [-0.15, -0.1) is 0 Å². The van der Waals surface area contributed by atoms with Crippen LogP contribution in [0.2, 0.25) is 0 Å². The molecule has 0 radical (unpaired) electrons. The Balaban J connectivity index is 2.48. The Labute approximate surface area is 79.2 Å². The number of pyridine rings is 1. The second-order valence-electron chi connectivity index (χ2n) is 2.90. The first-order valence-corrected chi connectivity index (χ1v) is 4.02. The summed E-state index contributed by atoms with van der Waals surface area (Å²) in [7, 11) is 0. The Kier molecular flexibility index (Phi) is 1.94. The first-order chi connectivity index (χ1) is 6.68. The van der Waals surface area contributed by atoms with Crippen LogP contribution >= 0.6 is 0 Å². The van der Waals surface area contributed by atoms with Gasteiger partial charge in [0.2, 0.25) is 0 Å². The fraction of sp³-hybridized carbons (Fsp3) is 0.111. The molecule has 2 aromatic heterocycles. The molecule has 2 N–H and O–H groups in total. The van der Waals surface area contributed by atoms with E-state index in [2.05, 4.69) is 4.98 Å². The molecule has 0 aliphatic rings. The van der Waals surface area contributed by atoms with Crippen molar-refractivity contribution in [3.8, 4) is 0 Å². The molecule has 0 bridgehead atoms. The lowest BCUT2D eigenvalue weighted by Gasteiger charge is -2.05. The van der Waals surface area contributed by atoms with Crippen LogP contribution in [-0.2, 0) is 4.79 Å². The number of carbonyl (C=O) groups is 1. The van der Waals surface area contributed by atoms with E-state index in [0.29, 0.717) is 11.2 Å². The van der Waals surface area contributed by atoms with Gasteiger partial charge < -0.3 is 14.6 Å². The maximum Gasteiger partial charge on any atom is 0.337 e. The molecule has 0 saturated carbocycles. The fourth-order valence-corrected chi connectivity index (χ4v) is 1.24. The number of aliphatic carboxylic acids is 1. The fourth-order valence-electron chi connectivity index (χ4n) is 1.24. The predicted molar refractivity (Wildman–Crippen MR) is 47.8 cm³/mol. The number of hydrogen-bond donors (Lipinski definition) is 2. The lowest BCUT2D eigenvalue weighted by atomic mass is 10.2. The predicted octanol–water partition coefficient (Wildman–Crippen LogP) is 0.452. The molecule has 14 heavy (non-hydrogen) atoms. The minimum Gasteiger partial charge on any atom is -0.479 e. The maximum atomic E-state index is 10.5. The molecule has 72 valence electrons. The van der Waals surface area contributed by atoms with Gasteiger partial charge in [-0.05, 0) is 6.07 Å². The molecular formula is C9H8N2O3. The van der Waals surface area contributed by atoms with Gasteiger partial charge in [-0.2, -0.15) is 0 Å². The monoisotopic (exact) mass is 192 g/mol. The molecule has 0 aliphatic heterocycles. The molecule has 1 atom stereocenters. The van der Waals surface area contributed by atoms with E-state index in [9.17, 15) is 9.90 Å². The third kappa shape index (κ3) is 1.33. The summed E-state index contributed by atoms with van der Waals surface area (Å²) in [6.07, 6.45) is 3.35. The Hall–Kier alpha value is -1.88. The SMILES string of the molecule is O=C(O)C(O)c1ccc2nccn2c1. The van der Waals surface area contributed by atoms with Gasteiger partial charge >= 0.3 is 5.97 Å². The van der Waals surface area contributed by atoms with Crippen molar-refractivity contribution in [2.45, 2.75) is 6.10 Å². The number of nitrogens with zero attached hydrogens (tertiary/aromatic N) is 2. The molecule has 0 aliphatic carbocycles. The van der Waals surface area contributed by atoms with Gasteiger partial charge in [0.05, 0.1) is 0 Å². The average molecular weight is 192 g/mol. The van der Waals surface area contributed by atoms with Crippen LogP contribution in [0.5, 0.6) is 0 Å². The molecule has 0 amide bonds. The molecule has 0 saturated heterocycles. The lowest BCUT2D eigenvalue weighted by molar-refractivity contribution is -0.146. The summed E-state index contributed by atoms with van der Waals surface area (Å²) in [6, 6.07) is 3.20. The van der Waals surface area contributed by atoms with Crippen molar-refractivity contribution in [3.05, 3.63) is 36.3 Å². The van der Waals surface area contributed by atoms with Gasteiger partial charge in [0.15, 0.2) is 6.10 Å². The van der Waals surface area contributed by atoms with Gasteiger partial charge in [0.1, 0.15) is 5.65 Å². The highest BCUT2D eigenvalue weighted by atomic mass is 16.4. The van der Waals surface area contributed by atoms with Gasteiger partial charge in [-0.3, -0.25) is 0 Å². The number of carboxylic acid groups (broad SMARTS) is 1.